The number of aliphatic carboxylic acids is 1. The molecule has 1 fully saturated rings. The zero-order chi connectivity index (χ0) is 61.7. The molecule has 0 aromatic heterocycles. The standard InChI is InChI=1S/C73H124O12/c1-4-7-10-13-16-19-22-25-28-31-33-36-38-41-44-47-50-53-56-59-65(74)81-62-64(83-66(75)60-57-54-51-48-45-42-39-35-30-27-24-21-18-15-12-9-6-3)63-82-73-71(69(78)68(77)70(85-73)72(79)80)84-67(76)61-58-55-52-49-46-43-40-37-34-32-29-26-23-20-17-14-11-8-5-2/h16-21,25-30,34,37,64,68-71,73,77-78H,4-15,22-24,31-33,35-36,38-63H2,1-3H3,(H,79,80)/b19-16-,20-17-,21-18-,28-25-,29-26-,30-27-,37-34-. The molecule has 6 unspecified atom stereocenters. The van der Waals surface area contributed by atoms with Gasteiger partial charge in [0, 0.05) is 19.3 Å². The highest BCUT2D eigenvalue weighted by Crippen LogP contribution is 2.27. The third-order valence-electron chi connectivity index (χ3n) is 15.4. The molecule has 1 rings (SSSR count). The molecule has 0 aliphatic carbocycles. The summed E-state index contributed by atoms with van der Waals surface area (Å²) in [6.07, 6.45) is 66.6. The number of hydrogen-bond acceptors (Lipinski definition) is 11. The number of aliphatic hydroxyl groups excluding tert-OH is 2. The number of ether oxygens (including phenoxy) is 5. The number of unbranched alkanes of at least 4 members (excludes halogenated alkanes) is 31. The van der Waals surface area contributed by atoms with Crippen LogP contribution in [0, 0.1) is 0 Å². The monoisotopic (exact) mass is 1190 g/mol. The van der Waals surface area contributed by atoms with Gasteiger partial charge in [0.15, 0.2) is 24.6 Å². The number of carbonyl (C=O) groups excluding carboxylic acids is 3. The molecule has 3 N–H and O–H groups in total. The molecule has 0 spiro atoms. The van der Waals surface area contributed by atoms with Gasteiger partial charge in [-0.05, 0) is 122 Å². The Kier molecular flexibility index (Phi) is 55.9. The van der Waals surface area contributed by atoms with Crippen LogP contribution < -0.4 is 0 Å². The lowest BCUT2D eigenvalue weighted by molar-refractivity contribution is -0.301. The molecule has 6 atom stereocenters. The molecule has 0 radical (unpaired) electrons. The van der Waals surface area contributed by atoms with E-state index in [1.54, 1.807) is 0 Å². The fourth-order valence-corrected chi connectivity index (χ4v) is 10.1. The van der Waals surface area contributed by atoms with Crippen LogP contribution in [0.25, 0.3) is 0 Å². The van der Waals surface area contributed by atoms with Crippen molar-refractivity contribution in [2.45, 2.75) is 340 Å². The second kappa shape index (κ2) is 60.2. The summed E-state index contributed by atoms with van der Waals surface area (Å²) >= 11 is 0. The van der Waals surface area contributed by atoms with Crippen molar-refractivity contribution in [3.63, 3.8) is 0 Å². The first-order valence-corrected chi connectivity index (χ1v) is 34.6. The minimum atomic E-state index is -1.91. The van der Waals surface area contributed by atoms with Crippen LogP contribution >= 0.6 is 0 Å². The van der Waals surface area contributed by atoms with E-state index >= 15 is 0 Å². The minimum Gasteiger partial charge on any atom is -0.479 e. The number of rotatable bonds is 59. The number of esters is 3. The Hall–Kier alpha value is -4.10. The summed E-state index contributed by atoms with van der Waals surface area (Å²) in [5.41, 5.74) is 0. The zero-order valence-electron chi connectivity index (χ0n) is 54.1. The zero-order valence-corrected chi connectivity index (χ0v) is 54.1. The second-order valence-electron chi connectivity index (χ2n) is 23.5. The summed E-state index contributed by atoms with van der Waals surface area (Å²) in [5, 5.41) is 31.7. The smallest absolute Gasteiger partial charge is 0.335 e. The van der Waals surface area contributed by atoms with Crippen molar-refractivity contribution in [1.82, 2.24) is 0 Å². The summed E-state index contributed by atoms with van der Waals surface area (Å²) in [6.45, 7) is 5.94. The van der Waals surface area contributed by atoms with Gasteiger partial charge in [-0.25, -0.2) is 4.79 Å². The Bertz CT molecular complexity index is 1800. The number of carboxylic acids is 1. The predicted octanol–water partition coefficient (Wildman–Crippen LogP) is 19.0. The van der Waals surface area contributed by atoms with Crippen LogP contribution in [0.2, 0.25) is 0 Å². The summed E-state index contributed by atoms with van der Waals surface area (Å²) in [5.74, 6) is -3.14. The lowest BCUT2D eigenvalue weighted by Gasteiger charge is -2.40. The fraction of sp³-hybridized carbons (Fsp3) is 0.753. The fourth-order valence-electron chi connectivity index (χ4n) is 10.1. The van der Waals surface area contributed by atoms with Crippen LogP contribution in [0.5, 0.6) is 0 Å². The van der Waals surface area contributed by atoms with E-state index in [1.807, 2.05) is 0 Å². The highest BCUT2D eigenvalue weighted by molar-refractivity contribution is 5.74. The van der Waals surface area contributed by atoms with Gasteiger partial charge in [0.05, 0.1) is 6.61 Å². The SMILES string of the molecule is CCCCC/C=C\C/C=C\C/C=C\CCCCCCCCC(=O)OC1C(OCC(COC(=O)CCCCCCCCCCC/C=C\C/C=C\CCCCC)OC(=O)CCCCCCCCC/C=C\C/C=C\CCCCC)OC(C(=O)O)C(O)C1O. The number of hydrogen-bond donors (Lipinski definition) is 3. The average Bonchev–Trinajstić information content (AvgIpc) is 2.79. The normalized spacial score (nSPS) is 18.0. The molecule has 1 aliphatic heterocycles. The van der Waals surface area contributed by atoms with Crippen LogP contribution in [-0.4, -0.2) is 89.2 Å². The maximum absolute atomic E-state index is 13.2. The van der Waals surface area contributed by atoms with Gasteiger partial charge in [-0.15, -0.1) is 0 Å². The van der Waals surface area contributed by atoms with Gasteiger partial charge in [0.25, 0.3) is 0 Å². The van der Waals surface area contributed by atoms with Crippen LogP contribution in [-0.2, 0) is 42.9 Å². The Morgan fingerprint density at radius 2 is 0.706 bits per heavy atom. The van der Waals surface area contributed by atoms with Crippen molar-refractivity contribution in [3.05, 3.63) is 85.1 Å². The second-order valence-corrected chi connectivity index (χ2v) is 23.5. The highest BCUT2D eigenvalue weighted by Gasteiger charge is 2.50. The Labute approximate surface area is 518 Å². The van der Waals surface area contributed by atoms with Gasteiger partial charge in [0.2, 0.25) is 0 Å². The van der Waals surface area contributed by atoms with E-state index in [0.717, 1.165) is 128 Å². The molecular weight excluding hydrogens is 1070 g/mol. The molecule has 1 saturated heterocycles. The Balaban J connectivity index is 2.65. The van der Waals surface area contributed by atoms with E-state index in [1.165, 1.54) is 116 Å². The van der Waals surface area contributed by atoms with Crippen molar-refractivity contribution >= 4 is 23.9 Å². The third-order valence-corrected chi connectivity index (χ3v) is 15.4. The molecule has 0 saturated carbocycles. The largest absolute Gasteiger partial charge is 0.479 e. The van der Waals surface area contributed by atoms with Gasteiger partial charge >= 0.3 is 23.9 Å². The van der Waals surface area contributed by atoms with Gasteiger partial charge in [0.1, 0.15) is 18.8 Å². The summed E-state index contributed by atoms with van der Waals surface area (Å²) < 4.78 is 28.6. The molecular formula is C73H124O12. The first-order chi connectivity index (χ1) is 41.6. The number of allylic oxidation sites excluding steroid dienone is 14. The topological polar surface area (TPSA) is 175 Å². The van der Waals surface area contributed by atoms with E-state index in [9.17, 15) is 34.5 Å². The molecule has 488 valence electrons. The first kappa shape index (κ1) is 78.9. The number of carbonyl (C=O) groups is 4. The molecule has 1 heterocycles. The van der Waals surface area contributed by atoms with Crippen molar-refractivity contribution in [2.75, 3.05) is 13.2 Å². The quantitative estimate of drug-likeness (QED) is 0.0228. The van der Waals surface area contributed by atoms with Crippen LogP contribution in [0.4, 0.5) is 0 Å². The van der Waals surface area contributed by atoms with Crippen molar-refractivity contribution in [3.8, 4) is 0 Å². The molecule has 1 aliphatic rings. The lowest BCUT2D eigenvalue weighted by atomic mass is 9.98. The molecule has 85 heavy (non-hydrogen) atoms. The van der Waals surface area contributed by atoms with Crippen LogP contribution in [0.1, 0.15) is 303 Å². The van der Waals surface area contributed by atoms with Gasteiger partial charge in [-0.2, -0.15) is 0 Å². The number of aliphatic hydroxyl groups is 2. The molecule has 0 bridgehead atoms. The average molecular weight is 1190 g/mol. The molecule has 12 nitrogen and oxygen atoms in total. The van der Waals surface area contributed by atoms with Crippen LogP contribution in [0.3, 0.4) is 0 Å². The summed E-state index contributed by atoms with van der Waals surface area (Å²) in [4.78, 5) is 51.5. The minimum absolute atomic E-state index is 0.0426. The number of carboxylic acid groups (broad SMARTS) is 1. The van der Waals surface area contributed by atoms with Gasteiger partial charge < -0.3 is 39.0 Å². The third kappa shape index (κ3) is 49.6. The van der Waals surface area contributed by atoms with Crippen LogP contribution in [0.15, 0.2) is 85.1 Å². The maximum atomic E-state index is 13.2. The molecule has 12 heteroatoms. The molecule has 0 amide bonds. The van der Waals surface area contributed by atoms with Crippen molar-refractivity contribution in [2.24, 2.45) is 0 Å². The van der Waals surface area contributed by atoms with Gasteiger partial charge in [-0.3, -0.25) is 14.4 Å². The summed E-state index contributed by atoms with van der Waals surface area (Å²) in [6, 6.07) is 0. The predicted molar refractivity (Wildman–Crippen MR) is 349 cm³/mol. The highest BCUT2D eigenvalue weighted by atomic mass is 16.7. The molecule has 0 aromatic carbocycles. The maximum Gasteiger partial charge on any atom is 0.335 e. The van der Waals surface area contributed by atoms with E-state index in [2.05, 4.69) is 106 Å². The summed E-state index contributed by atoms with van der Waals surface area (Å²) in [7, 11) is 0. The van der Waals surface area contributed by atoms with Crippen molar-refractivity contribution in [1.29, 1.82) is 0 Å². The van der Waals surface area contributed by atoms with E-state index < -0.39 is 67.3 Å². The Morgan fingerprint density at radius 3 is 1.07 bits per heavy atom. The molecule has 0 aromatic rings. The van der Waals surface area contributed by atoms with E-state index in [-0.39, 0.29) is 25.9 Å². The Morgan fingerprint density at radius 1 is 0.388 bits per heavy atom. The van der Waals surface area contributed by atoms with E-state index in [4.69, 9.17) is 23.7 Å². The lowest BCUT2D eigenvalue weighted by Crippen LogP contribution is -2.61. The van der Waals surface area contributed by atoms with E-state index in [0.29, 0.717) is 19.3 Å². The van der Waals surface area contributed by atoms with Crippen molar-refractivity contribution < 1.29 is 58.2 Å². The first-order valence-electron chi connectivity index (χ1n) is 34.6. The van der Waals surface area contributed by atoms with Gasteiger partial charge in [-0.1, -0.05) is 247 Å².